The molecule has 7 heteroatoms. The third kappa shape index (κ3) is 4.69. The van der Waals surface area contributed by atoms with Crippen LogP contribution >= 0.6 is 23.4 Å². The van der Waals surface area contributed by atoms with E-state index in [0.717, 1.165) is 11.1 Å². The highest BCUT2D eigenvalue weighted by Crippen LogP contribution is 2.31. The zero-order valence-electron chi connectivity index (χ0n) is 15.3. The summed E-state index contributed by atoms with van der Waals surface area (Å²) in [5.41, 5.74) is 2.32. The van der Waals surface area contributed by atoms with Crippen molar-refractivity contribution in [2.45, 2.75) is 18.6 Å². The van der Waals surface area contributed by atoms with Gasteiger partial charge in [-0.2, -0.15) is 5.10 Å². The molecule has 1 fully saturated rings. The maximum Gasteiger partial charge on any atom is 0.242 e. The summed E-state index contributed by atoms with van der Waals surface area (Å²) in [5.74, 6) is -0.349. The van der Waals surface area contributed by atoms with E-state index in [9.17, 15) is 9.18 Å². The van der Waals surface area contributed by atoms with Crippen LogP contribution in [-0.4, -0.2) is 33.5 Å². The van der Waals surface area contributed by atoms with Gasteiger partial charge in [-0.05, 0) is 42.7 Å². The summed E-state index contributed by atoms with van der Waals surface area (Å²) in [5, 5.41) is 9.36. The third-order valence-electron chi connectivity index (χ3n) is 4.24. The van der Waals surface area contributed by atoms with Crippen LogP contribution in [0.4, 0.5) is 4.39 Å². The Labute approximate surface area is 172 Å². The fourth-order valence-corrected chi connectivity index (χ4v) is 4.08. The number of halogens is 2. The van der Waals surface area contributed by atoms with E-state index in [1.165, 1.54) is 23.9 Å². The minimum Gasteiger partial charge on any atom is -0.285 e. The summed E-state index contributed by atoms with van der Waals surface area (Å²) in [4.78, 5) is 14.4. The highest BCUT2D eigenvalue weighted by Gasteiger charge is 2.37. The standard InChI is InChI=1S/C21H19ClFN3OS/c1-3-12-26-20(27)19(13-16-6-4-5-7-18(16)22)28-21(26)25-24-14(2)15-8-10-17(23)11-9-15/h3-11,19H,1,12-13H2,2H3/b24-14-,25-21-/t19-/m0/s1. The number of rotatable bonds is 6. The Morgan fingerprint density at radius 1 is 1.29 bits per heavy atom. The van der Waals surface area contributed by atoms with Crippen molar-refractivity contribution in [1.29, 1.82) is 0 Å². The van der Waals surface area contributed by atoms with Gasteiger partial charge in [-0.25, -0.2) is 4.39 Å². The Hall–Kier alpha value is -2.44. The number of amides is 1. The maximum atomic E-state index is 13.1. The second-order valence-corrected chi connectivity index (χ2v) is 7.79. The van der Waals surface area contributed by atoms with Gasteiger partial charge in [0.1, 0.15) is 5.82 Å². The SMILES string of the molecule is C=CCN1C(=O)[C@H](Cc2ccccc2Cl)S/C1=N\N=C(\C)c1ccc(F)cc1. The molecule has 28 heavy (non-hydrogen) atoms. The smallest absolute Gasteiger partial charge is 0.242 e. The van der Waals surface area contributed by atoms with Crippen molar-refractivity contribution < 1.29 is 9.18 Å². The fourth-order valence-electron chi connectivity index (χ4n) is 2.74. The van der Waals surface area contributed by atoms with E-state index in [1.807, 2.05) is 24.3 Å². The molecular formula is C21H19ClFN3OS. The maximum absolute atomic E-state index is 13.1. The van der Waals surface area contributed by atoms with Crippen LogP contribution in [-0.2, 0) is 11.2 Å². The number of amidine groups is 1. The van der Waals surface area contributed by atoms with E-state index in [2.05, 4.69) is 16.8 Å². The molecule has 0 radical (unpaired) electrons. The average Bonchev–Trinajstić information content (AvgIpc) is 2.98. The van der Waals surface area contributed by atoms with Crippen LogP contribution in [0, 0.1) is 5.82 Å². The fraction of sp³-hybridized carbons (Fsp3) is 0.190. The lowest BCUT2D eigenvalue weighted by Gasteiger charge is -2.13. The van der Waals surface area contributed by atoms with Gasteiger partial charge >= 0.3 is 0 Å². The number of benzene rings is 2. The summed E-state index contributed by atoms with van der Waals surface area (Å²) in [6, 6.07) is 13.5. The monoisotopic (exact) mass is 415 g/mol. The van der Waals surface area contributed by atoms with Gasteiger partial charge in [0.25, 0.3) is 0 Å². The largest absolute Gasteiger partial charge is 0.285 e. The van der Waals surface area contributed by atoms with Gasteiger partial charge < -0.3 is 0 Å². The van der Waals surface area contributed by atoms with Crippen LogP contribution in [0.1, 0.15) is 18.1 Å². The highest BCUT2D eigenvalue weighted by molar-refractivity contribution is 8.15. The van der Waals surface area contributed by atoms with Crippen molar-refractivity contribution in [3.05, 3.63) is 83.2 Å². The lowest BCUT2D eigenvalue weighted by Crippen LogP contribution is -2.32. The quantitative estimate of drug-likeness (QED) is 0.381. The van der Waals surface area contributed by atoms with Gasteiger partial charge in [-0.15, -0.1) is 11.7 Å². The summed E-state index contributed by atoms with van der Waals surface area (Å²) in [6.45, 7) is 5.86. The first-order valence-corrected chi connectivity index (χ1v) is 9.96. The van der Waals surface area contributed by atoms with Crippen LogP contribution in [0.2, 0.25) is 5.02 Å². The predicted molar refractivity (Wildman–Crippen MR) is 114 cm³/mol. The number of carbonyl (C=O) groups is 1. The molecule has 0 aliphatic carbocycles. The second-order valence-electron chi connectivity index (χ2n) is 6.21. The summed E-state index contributed by atoms with van der Waals surface area (Å²) < 4.78 is 13.1. The molecule has 1 saturated heterocycles. The molecule has 1 atom stereocenters. The molecule has 1 amide bonds. The molecule has 0 spiro atoms. The van der Waals surface area contributed by atoms with Crippen molar-refractivity contribution in [3.8, 4) is 0 Å². The Morgan fingerprint density at radius 2 is 2.00 bits per heavy atom. The molecule has 0 unspecified atom stereocenters. The zero-order valence-corrected chi connectivity index (χ0v) is 16.9. The van der Waals surface area contributed by atoms with Crippen LogP contribution < -0.4 is 0 Å². The number of nitrogens with zero attached hydrogens (tertiary/aromatic N) is 3. The molecule has 0 aromatic heterocycles. The molecule has 144 valence electrons. The van der Waals surface area contributed by atoms with Crippen molar-refractivity contribution in [2.75, 3.05) is 6.54 Å². The molecule has 2 aromatic rings. The highest BCUT2D eigenvalue weighted by atomic mass is 35.5. The van der Waals surface area contributed by atoms with Gasteiger partial charge in [-0.1, -0.05) is 59.8 Å². The lowest BCUT2D eigenvalue weighted by atomic mass is 10.1. The van der Waals surface area contributed by atoms with Crippen molar-refractivity contribution in [2.24, 2.45) is 10.2 Å². The van der Waals surface area contributed by atoms with E-state index in [1.54, 1.807) is 30.0 Å². The lowest BCUT2D eigenvalue weighted by molar-refractivity contribution is -0.125. The average molecular weight is 416 g/mol. The van der Waals surface area contributed by atoms with E-state index in [0.29, 0.717) is 28.9 Å². The minimum atomic E-state index is -0.320. The number of hydrogen-bond acceptors (Lipinski definition) is 4. The molecule has 2 aromatic carbocycles. The van der Waals surface area contributed by atoms with Crippen molar-refractivity contribution in [1.82, 2.24) is 4.90 Å². The van der Waals surface area contributed by atoms with E-state index in [-0.39, 0.29) is 17.0 Å². The molecule has 0 N–H and O–H groups in total. The van der Waals surface area contributed by atoms with Crippen LogP contribution in [0.25, 0.3) is 0 Å². The normalized spacial score (nSPS) is 18.8. The van der Waals surface area contributed by atoms with Crippen molar-refractivity contribution >= 4 is 40.1 Å². The van der Waals surface area contributed by atoms with E-state index >= 15 is 0 Å². The molecule has 1 heterocycles. The summed E-state index contributed by atoms with van der Waals surface area (Å²) >= 11 is 7.60. The Bertz CT molecular complexity index is 943. The first-order valence-electron chi connectivity index (χ1n) is 8.70. The summed E-state index contributed by atoms with van der Waals surface area (Å²) in [6.07, 6.45) is 2.17. The van der Waals surface area contributed by atoms with E-state index < -0.39 is 0 Å². The van der Waals surface area contributed by atoms with Gasteiger partial charge in [-0.3, -0.25) is 9.69 Å². The number of carbonyl (C=O) groups excluding carboxylic acids is 1. The Balaban J connectivity index is 1.82. The predicted octanol–water partition coefficient (Wildman–Crippen LogP) is 4.93. The zero-order chi connectivity index (χ0) is 20.1. The topological polar surface area (TPSA) is 45.0 Å². The molecule has 1 aliphatic heterocycles. The summed E-state index contributed by atoms with van der Waals surface area (Å²) in [7, 11) is 0. The molecule has 3 rings (SSSR count). The Kier molecular flexibility index (Phi) is 6.65. The molecule has 0 saturated carbocycles. The first-order chi connectivity index (χ1) is 13.5. The van der Waals surface area contributed by atoms with Gasteiger partial charge in [0.15, 0.2) is 5.17 Å². The Morgan fingerprint density at radius 3 is 2.68 bits per heavy atom. The third-order valence-corrected chi connectivity index (χ3v) is 5.78. The van der Waals surface area contributed by atoms with Crippen LogP contribution in [0.5, 0.6) is 0 Å². The van der Waals surface area contributed by atoms with Crippen LogP contribution in [0.15, 0.2) is 71.4 Å². The van der Waals surface area contributed by atoms with Gasteiger partial charge in [0.2, 0.25) is 5.91 Å². The van der Waals surface area contributed by atoms with Gasteiger partial charge in [0, 0.05) is 11.6 Å². The number of thioether (sulfide) groups is 1. The minimum absolute atomic E-state index is 0.0433. The van der Waals surface area contributed by atoms with Gasteiger partial charge in [0.05, 0.1) is 11.0 Å². The molecule has 1 aliphatic rings. The second kappa shape index (κ2) is 9.17. The molecule has 0 bridgehead atoms. The van der Waals surface area contributed by atoms with Crippen LogP contribution in [0.3, 0.4) is 0 Å². The molecular weight excluding hydrogens is 397 g/mol. The van der Waals surface area contributed by atoms with E-state index in [4.69, 9.17) is 11.6 Å². The number of hydrogen-bond donors (Lipinski definition) is 0. The van der Waals surface area contributed by atoms with Crippen molar-refractivity contribution in [3.63, 3.8) is 0 Å². The first kappa shape index (κ1) is 20.3. The molecule has 4 nitrogen and oxygen atoms in total.